The van der Waals surface area contributed by atoms with E-state index >= 15 is 0 Å². The van der Waals surface area contributed by atoms with Crippen molar-refractivity contribution >= 4 is 44.9 Å². The molecule has 2 heterocycles. The number of anilines is 1. The van der Waals surface area contributed by atoms with E-state index in [9.17, 15) is 27.8 Å². The number of aliphatic hydroxyl groups is 1. The lowest BCUT2D eigenvalue weighted by molar-refractivity contribution is -0.137. The highest BCUT2D eigenvalue weighted by molar-refractivity contribution is 7.93. The predicted octanol–water partition coefficient (Wildman–Crippen LogP) is 5.01. The lowest BCUT2D eigenvalue weighted by atomic mass is 10.0. The summed E-state index contributed by atoms with van der Waals surface area (Å²) in [5, 5.41) is 22.9. The maximum atomic E-state index is 14.5. The summed E-state index contributed by atoms with van der Waals surface area (Å²) in [6.45, 7) is 4.68. The molecule has 0 saturated carbocycles. The van der Waals surface area contributed by atoms with Crippen LogP contribution in [0.15, 0.2) is 47.5 Å². The van der Waals surface area contributed by atoms with Crippen molar-refractivity contribution in [2.24, 2.45) is 0 Å². The van der Waals surface area contributed by atoms with Crippen LogP contribution in [0.1, 0.15) is 50.8 Å². The third-order valence-electron chi connectivity index (χ3n) is 6.43. The molecule has 1 aromatic heterocycles. The Balaban J connectivity index is 1.81. The van der Waals surface area contributed by atoms with Crippen LogP contribution in [0.3, 0.4) is 0 Å². The number of ether oxygens (including phenoxy) is 2. The number of carbonyl (C=O) groups is 1. The molecule has 1 unspecified atom stereocenters. The number of sulfonamides is 1. The number of allylic oxidation sites excluding steroid dienone is 1. The first kappa shape index (κ1) is 30.4. The minimum absolute atomic E-state index is 0.0759. The molecule has 0 saturated heterocycles. The van der Waals surface area contributed by atoms with Crippen LogP contribution < -0.4 is 13.8 Å². The zero-order valence-electron chi connectivity index (χ0n) is 22.8. The van der Waals surface area contributed by atoms with Crippen LogP contribution in [0.2, 0.25) is 5.02 Å². The number of halogens is 2. The first-order valence-corrected chi connectivity index (χ1v) is 14.7. The highest BCUT2D eigenvalue weighted by Crippen LogP contribution is 2.41. The SMILES string of the molecule is CC(=Cc1ccc2c(c1)N(S(=O)(=O)c1cn(C(C)C)nc1OCCO)CC(CCC(=O)O)O2)c1c(F)cccc1Cl. The number of aliphatic hydroxyl groups excluding tert-OH is 1. The number of aliphatic carboxylic acids is 1. The van der Waals surface area contributed by atoms with Crippen molar-refractivity contribution in [2.75, 3.05) is 24.1 Å². The summed E-state index contributed by atoms with van der Waals surface area (Å²) in [4.78, 5) is 11.0. The van der Waals surface area contributed by atoms with Crippen LogP contribution in [0, 0.1) is 5.82 Å². The number of carboxylic acid groups (broad SMARTS) is 1. The van der Waals surface area contributed by atoms with E-state index < -0.39 is 27.9 Å². The molecule has 0 aliphatic carbocycles. The van der Waals surface area contributed by atoms with E-state index in [4.69, 9.17) is 21.1 Å². The number of fused-ring (bicyclic) bond motifs is 1. The number of aromatic nitrogens is 2. The van der Waals surface area contributed by atoms with E-state index in [2.05, 4.69) is 5.10 Å². The van der Waals surface area contributed by atoms with Gasteiger partial charge in [-0.15, -0.1) is 5.10 Å². The Hall–Kier alpha value is -3.61. The van der Waals surface area contributed by atoms with Gasteiger partial charge in [-0.3, -0.25) is 13.8 Å². The van der Waals surface area contributed by atoms with E-state index in [1.54, 1.807) is 37.3 Å². The molecule has 4 rings (SSSR count). The Kier molecular flexibility index (Phi) is 9.25. The molecule has 0 spiro atoms. The Morgan fingerprint density at radius 3 is 2.73 bits per heavy atom. The number of hydrogen-bond acceptors (Lipinski definition) is 7. The Morgan fingerprint density at radius 2 is 2.07 bits per heavy atom. The van der Waals surface area contributed by atoms with Crippen molar-refractivity contribution in [2.45, 2.75) is 50.7 Å². The molecule has 41 heavy (non-hydrogen) atoms. The zero-order chi connectivity index (χ0) is 29.9. The largest absolute Gasteiger partial charge is 0.486 e. The molecule has 2 N–H and O–H groups in total. The zero-order valence-corrected chi connectivity index (χ0v) is 24.3. The molecular formula is C28H31ClFN3O7S. The Bertz CT molecular complexity index is 1550. The molecule has 0 radical (unpaired) electrons. The number of nitrogens with zero attached hydrogens (tertiary/aromatic N) is 3. The summed E-state index contributed by atoms with van der Waals surface area (Å²) in [6.07, 6.45) is 2.16. The van der Waals surface area contributed by atoms with E-state index in [1.165, 1.54) is 23.0 Å². The molecule has 1 atom stereocenters. The summed E-state index contributed by atoms with van der Waals surface area (Å²) < 4.78 is 57.0. The van der Waals surface area contributed by atoms with Crippen molar-refractivity contribution < 1.29 is 37.3 Å². The minimum atomic E-state index is -4.32. The molecule has 0 fully saturated rings. The van der Waals surface area contributed by atoms with E-state index in [0.717, 1.165) is 4.31 Å². The second-order valence-electron chi connectivity index (χ2n) is 9.80. The Morgan fingerprint density at radius 1 is 1.32 bits per heavy atom. The lowest BCUT2D eigenvalue weighted by Crippen LogP contribution is -2.43. The van der Waals surface area contributed by atoms with Crippen LogP contribution in [0.5, 0.6) is 11.6 Å². The van der Waals surface area contributed by atoms with Gasteiger partial charge in [-0.05, 0) is 62.6 Å². The number of carboxylic acids is 1. The van der Waals surface area contributed by atoms with E-state index in [1.807, 2.05) is 13.8 Å². The quantitative estimate of drug-likeness (QED) is 0.291. The van der Waals surface area contributed by atoms with E-state index in [-0.39, 0.29) is 71.4 Å². The van der Waals surface area contributed by atoms with Gasteiger partial charge in [0, 0.05) is 24.2 Å². The van der Waals surface area contributed by atoms with Crippen LogP contribution in [0.4, 0.5) is 10.1 Å². The van der Waals surface area contributed by atoms with Gasteiger partial charge in [-0.2, -0.15) is 0 Å². The second-order valence-corrected chi connectivity index (χ2v) is 12.0. The van der Waals surface area contributed by atoms with Gasteiger partial charge >= 0.3 is 5.97 Å². The first-order chi connectivity index (χ1) is 19.4. The van der Waals surface area contributed by atoms with Crippen molar-refractivity contribution in [1.29, 1.82) is 0 Å². The summed E-state index contributed by atoms with van der Waals surface area (Å²) in [7, 11) is -4.32. The highest BCUT2D eigenvalue weighted by atomic mass is 35.5. The van der Waals surface area contributed by atoms with Crippen LogP contribution >= 0.6 is 11.6 Å². The molecule has 2 aromatic carbocycles. The van der Waals surface area contributed by atoms with Crippen LogP contribution in [-0.2, 0) is 14.8 Å². The number of benzene rings is 2. The fraction of sp³-hybridized carbons (Fsp3) is 0.357. The van der Waals surface area contributed by atoms with Gasteiger partial charge in [0.2, 0.25) is 0 Å². The first-order valence-electron chi connectivity index (χ1n) is 12.9. The fourth-order valence-electron chi connectivity index (χ4n) is 4.44. The summed E-state index contributed by atoms with van der Waals surface area (Å²) >= 11 is 6.23. The number of rotatable bonds is 11. The lowest BCUT2D eigenvalue weighted by Gasteiger charge is -2.35. The normalized spacial score (nSPS) is 15.5. The molecular weight excluding hydrogens is 577 g/mol. The second kappa shape index (κ2) is 12.5. The molecule has 220 valence electrons. The standard InChI is InChI=1S/C28H31ClFN3O7S/c1-17(2)32-16-25(28(31-32)39-12-11-34)41(37,38)33-15-20(8-10-26(35)36)40-24-9-7-19(14-23(24)33)13-18(3)27-21(29)5-4-6-22(27)30/h4-7,9,13-14,16-17,20,34H,8,10-12,15H2,1-3H3,(H,35,36). The maximum absolute atomic E-state index is 14.5. The summed E-state index contributed by atoms with van der Waals surface area (Å²) in [5.41, 5.74) is 1.52. The monoisotopic (exact) mass is 607 g/mol. The van der Waals surface area contributed by atoms with Crippen LogP contribution in [-0.4, -0.2) is 60.2 Å². The Labute approximate surface area is 242 Å². The average molecular weight is 608 g/mol. The third-order valence-corrected chi connectivity index (χ3v) is 8.51. The van der Waals surface area contributed by atoms with Crippen molar-refractivity contribution in [3.8, 4) is 11.6 Å². The van der Waals surface area contributed by atoms with Gasteiger partial charge < -0.3 is 19.7 Å². The molecule has 1 aliphatic heterocycles. The van der Waals surface area contributed by atoms with Crippen molar-refractivity contribution in [3.05, 3.63) is 64.6 Å². The maximum Gasteiger partial charge on any atom is 0.303 e. The summed E-state index contributed by atoms with van der Waals surface area (Å²) in [5.74, 6) is -1.45. The smallest absolute Gasteiger partial charge is 0.303 e. The third kappa shape index (κ3) is 6.66. The van der Waals surface area contributed by atoms with Gasteiger partial charge in [-0.25, -0.2) is 12.8 Å². The average Bonchev–Trinajstić information content (AvgIpc) is 3.36. The van der Waals surface area contributed by atoms with E-state index in [0.29, 0.717) is 11.1 Å². The van der Waals surface area contributed by atoms with Gasteiger partial charge in [0.1, 0.15) is 24.3 Å². The molecule has 0 amide bonds. The number of hydrogen-bond donors (Lipinski definition) is 2. The predicted molar refractivity (Wildman–Crippen MR) is 152 cm³/mol. The topological polar surface area (TPSA) is 131 Å². The molecule has 0 bridgehead atoms. The fourth-order valence-corrected chi connectivity index (χ4v) is 6.31. The van der Waals surface area contributed by atoms with Crippen LogP contribution in [0.25, 0.3) is 11.6 Å². The molecule has 13 heteroatoms. The van der Waals surface area contributed by atoms with Crippen molar-refractivity contribution in [1.82, 2.24) is 9.78 Å². The molecule has 10 nitrogen and oxygen atoms in total. The van der Waals surface area contributed by atoms with Gasteiger partial charge in [0.15, 0.2) is 4.90 Å². The molecule has 1 aliphatic rings. The summed E-state index contributed by atoms with van der Waals surface area (Å²) in [6, 6.07) is 9.09. The molecule has 3 aromatic rings. The van der Waals surface area contributed by atoms with Crippen molar-refractivity contribution in [3.63, 3.8) is 0 Å². The van der Waals surface area contributed by atoms with Gasteiger partial charge in [0.25, 0.3) is 15.9 Å². The highest BCUT2D eigenvalue weighted by Gasteiger charge is 2.38. The van der Waals surface area contributed by atoms with Gasteiger partial charge in [-0.1, -0.05) is 29.8 Å². The van der Waals surface area contributed by atoms with Gasteiger partial charge in [0.05, 0.1) is 23.9 Å². The minimum Gasteiger partial charge on any atom is -0.486 e.